The molecule has 0 spiro atoms. The molecular weight excluding hydrogens is 310 g/mol. The van der Waals surface area contributed by atoms with Gasteiger partial charge in [-0.2, -0.15) is 0 Å². The van der Waals surface area contributed by atoms with Gasteiger partial charge in [0.05, 0.1) is 11.9 Å². The summed E-state index contributed by atoms with van der Waals surface area (Å²) in [5.41, 5.74) is 14.1. The topological polar surface area (TPSA) is 84.6 Å². The minimum atomic E-state index is -0.155. The zero-order valence-corrected chi connectivity index (χ0v) is 15.4. The van der Waals surface area contributed by atoms with Crippen LogP contribution in [-0.2, 0) is 6.42 Å². The van der Waals surface area contributed by atoms with E-state index in [9.17, 15) is 5.11 Å². The molecule has 0 saturated heterocycles. The van der Waals surface area contributed by atoms with Crippen LogP contribution < -0.4 is 11.5 Å². The summed E-state index contributed by atoms with van der Waals surface area (Å²) in [6.07, 6.45) is 5.96. The molecule has 0 unspecified atom stereocenters. The van der Waals surface area contributed by atoms with Crippen molar-refractivity contribution in [3.8, 4) is 0 Å². The highest BCUT2D eigenvalue weighted by Crippen LogP contribution is 2.43. The smallest absolute Gasteiger partial charge is 0.0952 e. The van der Waals surface area contributed by atoms with Crippen LogP contribution in [-0.4, -0.2) is 16.9 Å². The number of aliphatic hydroxyl groups excluding tert-OH is 1. The van der Waals surface area contributed by atoms with E-state index in [0.717, 1.165) is 42.7 Å². The summed E-state index contributed by atoms with van der Waals surface area (Å²) in [5.74, 6) is 0.727. The Morgan fingerprint density at radius 2 is 1.80 bits per heavy atom. The summed E-state index contributed by atoms with van der Waals surface area (Å²) >= 11 is 0. The second-order valence-corrected chi connectivity index (χ2v) is 7.58. The normalized spacial score (nSPS) is 21.6. The molecule has 25 heavy (non-hydrogen) atoms. The van der Waals surface area contributed by atoms with E-state index < -0.39 is 0 Å². The van der Waals surface area contributed by atoms with Crippen molar-refractivity contribution in [2.45, 2.75) is 52.1 Å². The molecule has 4 nitrogen and oxygen atoms in total. The first-order chi connectivity index (χ1) is 11.8. The van der Waals surface area contributed by atoms with E-state index in [-0.39, 0.29) is 17.3 Å². The molecule has 5 N–H and O–H groups in total. The van der Waals surface area contributed by atoms with Gasteiger partial charge in [-0.3, -0.25) is 4.99 Å². The number of hydrogen-bond acceptors (Lipinski definition) is 4. The SMILES string of the molecule is C=C(/N=C(\C=C(N)N)Cc1ccccc1)C(C)(C)C1CCC(O)CC1. The molecule has 136 valence electrons. The molecule has 2 rings (SSSR count). The van der Waals surface area contributed by atoms with Crippen LogP contribution >= 0.6 is 0 Å². The van der Waals surface area contributed by atoms with Crippen molar-refractivity contribution in [3.63, 3.8) is 0 Å². The Kier molecular flexibility index (Phi) is 6.43. The minimum absolute atomic E-state index is 0.126. The number of hydrogen-bond donors (Lipinski definition) is 3. The highest BCUT2D eigenvalue weighted by atomic mass is 16.3. The lowest BCUT2D eigenvalue weighted by atomic mass is 9.69. The van der Waals surface area contributed by atoms with Gasteiger partial charge >= 0.3 is 0 Å². The lowest BCUT2D eigenvalue weighted by Gasteiger charge is -2.38. The molecule has 0 aliphatic heterocycles. The number of allylic oxidation sites excluding steroid dienone is 2. The fraction of sp³-hybridized carbons (Fsp3) is 0.476. The zero-order valence-electron chi connectivity index (χ0n) is 15.4. The fourth-order valence-electron chi connectivity index (χ4n) is 3.47. The molecule has 0 amide bonds. The Balaban J connectivity index is 2.19. The second kappa shape index (κ2) is 8.34. The van der Waals surface area contributed by atoms with Crippen LogP contribution in [0.25, 0.3) is 0 Å². The molecule has 1 aliphatic rings. The summed E-state index contributed by atoms with van der Waals surface area (Å²) in [4.78, 5) is 4.80. The van der Waals surface area contributed by atoms with Gasteiger partial charge in [0.1, 0.15) is 0 Å². The molecule has 1 aromatic rings. The lowest BCUT2D eigenvalue weighted by molar-refractivity contribution is 0.0776. The first-order valence-electron chi connectivity index (χ1n) is 9.00. The third kappa shape index (κ3) is 5.46. The maximum atomic E-state index is 9.75. The first-order valence-corrected chi connectivity index (χ1v) is 9.00. The van der Waals surface area contributed by atoms with Gasteiger partial charge in [0.25, 0.3) is 0 Å². The van der Waals surface area contributed by atoms with Crippen molar-refractivity contribution < 1.29 is 5.11 Å². The van der Waals surface area contributed by atoms with Crippen LogP contribution in [0.3, 0.4) is 0 Å². The molecule has 0 heterocycles. The van der Waals surface area contributed by atoms with Gasteiger partial charge in [-0.25, -0.2) is 0 Å². The number of benzene rings is 1. The molecular formula is C21H31N3O. The number of aliphatic hydroxyl groups is 1. The maximum absolute atomic E-state index is 9.75. The van der Waals surface area contributed by atoms with E-state index in [4.69, 9.17) is 16.5 Å². The number of rotatable bonds is 6. The molecule has 4 heteroatoms. The predicted molar refractivity (Wildman–Crippen MR) is 105 cm³/mol. The Hall–Kier alpha value is -2.07. The maximum Gasteiger partial charge on any atom is 0.0952 e. The third-order valence-corrected chi connectivity index (χ3v) is 5.30. The van der Waals surface area contributed by atoms with Crippen molar-refractivity contribution in [1.82, 2.24) is 0 Å². The van der Waals surface area contributed by atoms with Crippen LogP contribution in [0.2, 0.25) is 0 Å². The van der Waals surface area contributed by atoms with E-state index >= 15 is 0 Å². The molecule has 1 aliphatic carbocycles. The van der Waals surface area contributed by atoms with Crippen molar-refractivity contribution in [3.05, 3.63) is 60.1 Å². The quantitative estimate of drug-likeness (QED) is 0.692. The van der Waals surface area contributed by atoms with Gasteiger partial charge in [-0.1, -0.05) is 50.8 Å². The summed E-state index contributed by atoms with van der Waals surface area (Å²) in [7, 11) is 0. The fourth-order valence-corrected chi connectivity index (χ4v) is 3.47. The summed E-state index contributed by atoms with van der Waals surface area (Å²) in [5, 5.41) is 9.75. The van der Waals surface area contributed by atoms with Crippen molar-refractivity contribution in [2.75, 3.05) is 0 Å². The monoisotopic (exact) mass is 341 g/mol. The Morgan fingerprint density at radius 1 is 1.20 bits per heavy atom. The van der Waals surface area contributed by atoms with Gasteiger partial charge in [0.2, 0.25) is 0 Å². The molecule has 0 atom stereocenters. The van der Waals surface area contributed by atoms with Crippen molar-refractivity contribution >= 4 is 5.71 Å². The third-order valence-electron chi connectivity index (χ3n) is 5.30. The molecule has 0 radical (unpaired) electrons. The van der Waals surface area contributed by atoms with Gasteiger partial charge < -0.3 is 16.6 Å². The zero-order chi connectivity index (χ0) is 18.4. The second-order valence-electron chi connectivity index (χ2n) is 7.58. The highest BCUT2D eigenvalue weighted by Gasteiger charge is 2.35. The summed E-state index contributed by atoms with van der Waals surface area (Å²) in [6, 6.07) is 10.1. The number of aliphatic imine (C=N–C) groups is 1. The lowest BCUT2D eigenvalue weighted by Crippen LogP contribution is -2.31. The highest BCUT2D eigenvalue weighted by molar-refractivity contribution is 5.97. The van der Waals surface area contributed by atoms with E-state index in [2.05, 4.69) is 32.6 Å². The number of nitrogens with zero attached hydrogens (tertiary/aromatic N) is 1. The van der Waals surface area contributed by atoms with Gasteiger partial charge in [-0.15, -0.1) is 0 Å². The van der Waals surface area contributed by atoms with E-state index in [0.29, 0.717) is 12.3 Å². The molecule has 0 bridgehead atoms. The first kappa shape index (κ1) is 19.3. The standard InChI is InChI=1S/C21H31N3O/c1-15(21(2,3)17-9-11-19(25)12-10-17)24-18(14-20(22)23)13-16-7-5-4-6-8-16/h4-8,14,17,19,25H,1,9-13,22-23H2,2-3H3/b24-18-. The molecule has 1 aromatic carbocycles. The van der Waals surface area contributed by atoms with Crippen LogP contribution in [0, 0.1) is 11.3 Å². The largest absolute Gasteiger partial charge is 0.393 e. The summed E-state index contributed by atoms with van der Waals surface area (Å²) < 4.78 is 0. The average Bonchev–Trinajstić information content (AvgIpc) is 2.55. The van der Waals surface area contributed by atoms with Gasteiger partial charge in [0.15, 0.2) is 0 Å². The van der Waals surface area contributed by atoms with E-state index in [1.54, 1.807) is 6.08 Å². The van der Waals surface area contributed by atoms with Gasteiger partial charge in [0, 0.05) is 23.2 Å². The Morgan fingerprint density at radius 3 is 2.36 bits per heavy atom. The predicted octanol–water partition coefficient (Wildman–Crippen LogP) is 3.52. The van der Waals surface area contributed by atoms with E-state index in [1.165, 1.54) is 0 Å². The minimum Gasteiger partial charge on any atom is -0.393 e. The summed E-state index contributed by atoms with van der Waals surface area (Å²) in [6.45, 7) is 8.63. The Bertz CT molecular complexity index is 634. The number of nitrogens with two attached hydrogens (primary N) is 2. The molecule has 0 aromatic heterocycles. The van der Waals surface area contributed by atoms with Crippen molar-refractivity contribution in [1.29, 1.82) is 0 Å². The van der Waals surface area contributed by atoms with Crippen molar-refractivity contribution in [2.24, 2.45) is 27.8 Å². The molecule has 1 fully saturated rings. The Labute approximate surface area is 151 Å². The average molecular weight is 341 g/mol. The van der Waals surface area contributed by atoms with E-state index in [1.807, 2.05) is 18.2 Å². The van der Waals surface area contributed by atoms with Gasteiger partial charge in [-0.05, 0) is 43.2 Å². The van der Waals surface area contributed by atoms with Crippen LogP contribution in [0.5, 0.6) is 0 Å². The van der Waals surface area contributed by atoms with Crippen LogP contribution in [0.4, 0.5) is 0 Å². The van der Waals surface area contributed by atoms with Crippen LogP contribution in [0.1, 0.15) is 45.1 Å². The molecule has 1 saturated carbocycles. The van der Waals surface area contributed by atoms with Crippen LogP contribution in [0.15, 0.2) is 59.5 Å².